The van der Waals surface area contributed by atoms with Crippen LogP contribution in [0.1, 0.15) is 25.0 Å². The van der Waals surface area contributed by atoms with Gasteiger partial charge in [0, 0.05) is 45.8 Å². The van der Waals surface area contributed by atoms with Gasteiger partial charge in [0.25, 0.3) is 0 Å². The lowest BCUT2D eigenvalue weighted by molar-refractivity contribution is 0.660. The minimum absolute atomic E-state index is 0.0174. The van der Waals surface area contributed by atoms with Crippen molar-refractivity contribution in [1.82, 2.24) is 0 Å². The summed E-state index contributed by atoms with van der Waals surface area (Å²) >= 11 is 3.81. The van der Waals surface area contributed by atoms with Gasteiger partial charge in [-0.1, -0.05) is 153 Å². The highest BCUT2D eigenvalue weighted by Gasteiger charge is 2.35. The smallest absolute Gasteiger partial charge is 0.0362 e. The van der Waals surface area contributed by atoms with Gasteiger partial charge in [-0.2, -0.15) is 0 Å². The van der Waals surface area contributed by atoms with E-state index in [9.17, 15) is 0 Å². The van der Waals surface area contributed by atoms with Crippen LogP contribution in [0.4, 0.5) is 0 Å². The molecule has 2 heteroatoms. The van der Waals surface area contributed by atoms with Crippen LogP contribution in [0.5, 0.6) is 0 Å². The largest absolute Gasteiger partial charge is 0.135 e. The van der Waals surface area contributed by atoms with Crippen molar-refractivity contribution < 1.29 is 0 Å². The van der Waals surface area contributed by atoms with Crippen LogP contribution >= 0.6 is 22.7 Å². The normalized spacial score (nSPS) is 13.4. The lowest BCUT2D eigenvalue weighted by atomic mass is 9.81. The van der Waals surface area contributed by atoms with E-state index in [1.165, 1.54) is 128 Å². The molecule has 10 aromatic carbocycles. The predicted molar refractivity (Wildman–Crippen MR) is 259 cm³/mol. The van der Waals surface area contributed by atoms with Crippen molar-refractivity contribution in [2.24, 2.45) is 0 Å². The average Bonchev–Trinajstić information content (AvgIpc) is 3.89. The van der Waals surface area contributed by atoms with Crippen molar-refractivity contribution in [3.8, 4) is 44.5 Å². The third-order valence-corrected chi connectivity index (χ3v) is 15.5. The second kappa shape index (κ2) is 12.2. The molecular formula is C57H36S2. The van der Waals surface area contributed by atoms with Gasteiger partial charge in [-0.25, -0.2) is 0 Å². The number of fused-ring (bicyclic) bond motifs is 12. The Morgan fingerprint density at radius 2 is 0.814 bits per heavy atom. The first-order valence-corrected chi connectivity index (χ1v) is 22.1. The van der Waals surface area contributed by atoms with E-state index in [1.54, 1.807) is 0 Å². The number of thiophene rings is 2. The van der Waals surface area contributed by atoms with E-state index in [-0.39, 0.29) is 5.41 Å². The fourth-order valence-electron chi connectivity index (χ4n) is 10.4. The van der Waals surface area contributed by atoms with Gasteiger partial charge in [0.1, 0.15) is 0 Å². The fraction of sp³-hybridized carbons (Fsp3) is 0.0526. The van der Waals surface area contributed by atoms with Gasteiger partial charge in [-0.15, -0.1) is 22.7 Å². The molecule has 12 aromatic rings. The van der Waals surface area contributed by atoms with Crippen LogP contribution in [-0.4, -0.2) is 0 Å². The Morgan fingerprint density at radius 1 is 0.305 bits per heavy atom. The molecule has 276 valence electrons. The van der Waals surface area contributed by atoms with Gasteiger partial charge in [-0.3, -0.25) is 0 Å². The zero-order valence-corrected chi connectivity index (χ0v) is 34.3. The molecule has 0 aliphatic heterocycles. The number of benzene rings is 10. The molecule has 1 aliphatic carbocycles. The van der Waals surface area contributed by atoms with E-state index >= 15 is 0 Å². The summed E-state index contributed by atoms with van der Waals surface area (Å²) in [5.41, 5.74) is 13.1. The van der Waals surface area contributed by atoms with Crippen molar-refractivity contribution in [1.29, 1.82) is 0 Å². The molecule has 0 unspecified atom stereocenters. The molecule has 2 heterocycles. The maximum absolute atomic E-state index is 2.45. The lowest BCUT2D eigenvalue weighted by Gasteiger charge is -2.22. The van der Waals surface area contributed by atoms with Crippen molar-refractivity contribution in [2.75, 3.05) is 0 Å². The second-order valence-electron chi connectivity index (χ2n) is 16.8. The molecule has 0 saturated carbocycles. The van der Waals surface area contributed by atoms with Crippen molar-refractivity contribution >= 4 is 95.3 Å². The summed E-state index contributed by atoms with van der Waals surface area (Å²) in [7, 11) is 0. The van der Waals surface area contributed by atoms with Gasteiger partial charge in [0.05, 0.1) is 0 Å². The molecule has 0 fully saturated rings. The summed E-state index contributed by atoms with van der Waals surface area (Å²) in [6.07, 6.45) is 0. The minimum atomic E-state index is -0.0174. The highest BCUT2D eigenvalue weighted by molar-refractivity contribution is 7.27. The summed E-state index contributed by atoms with van der Waals surface area (Å²) in [6, 6.07) is 68.8. The molecule has 0 atom stereocenters. The minimum Gasteiger partial charge on any atom is -0.135 e. The molecule has 0 amide bonds. The van der Waals surface area contributed by atoms with Crippen LogP contribution in [0.25, 0.3) is 117 Å². The average molecular weight is 785 g/mol. The SMILES string of the molecule is CC1(C)c2ccccc2-c2cc(-c3c4ccccc4c(-c4ccc(-c5ccc6cc7sc8cc9c(cc8c7cc6c5)sc5ccccc59)cc4)c4ccccc34)ccc21. The maximum atomic E-state index is 2.45. The molecule has 2 aromatic heterocycles. The lowest BCUT2D eigenvalue weighted by Crippen LogP contribution is -2.14. The van der Waals surface area contributed by atoms with E-state index < -0.39 is 0 Å². The zero-order valence-electron chi connectivity index (χ0n) is 32.6. The van der Waals surface area contributed by atoms with Crippen LogP contribution < -0.4 is 0 Å². The van der Waals surface area contributed by atoms with E-state index in [0.717, 1.165) is 0 Å². The quantitative estimate of drug-likeness (QED) is 0.157. The highest BCUT2D eigenvalue weighted by atomic mass is 32.1. The van der Waals surface area contributed by atoms with E-state index in [2.05, 4.69) is 196 Å². The van der Waals surface area contributed by atoms with Crippen molar-refractivity contribution in [3.63, 3.8) is 0 Å². The molecule has 0 nitrogen and oxygen atoms in total. The molecule has 0 bridgehead atoms. The summed E-state index contributed by atoms with van der Waals surface area (Å²) in [5.74, 6) is 0. The molecule has 0 saturated heterocycles. The van der Waals surface area contributed by atoms with Crippen LogP contribution in [-0.2, 0) is 5.41 Å². The van der Waals surface area contributed by atoms with E-state index in [1.807, 2.05) is 22.7 Å². The standard InChI is InChI=1S/C57H36S2/c1-57(2)49-17-9-7-11-39(49)45-28-37(25-26-50(45)57)56-43-15-5-3-13-41(43)55(42-14-4-6-16-44(42)56)34-21-19-33(20-22-34)35-23-24-36-30-52-46(29-38(36)27-35)48-32-53-47(31-54(48)59-52)40-12-8-10-18-51(40)58-53/h3-32H,1-2H3. The number of hydrogen-bond acceptors (Lipinski definition) is 2. The van der Waals surface area contributed by atoms with Gasteiger partial charge >= 0.3 is 0 Å². The first kappa shape index (κ1) is 33.4. The van der Waals surface area contributed by atoms with Crippen LogP contribution in [0.2, 0.25) is 0 Å². The summed E-state index contributed by atoms with van der Waals surface area (Å²) in [4.78, 5) is 0. The van der Waals surface area contributed by atoms with Crippen LogP contribution in [0.3, 0.4) is 0 Å². The Kier molecular flexibility index (Phi) is 6.92. The van der Waals surface area contributed by atoms with Crippen LogP contribution in [0.15, 0.2) is 182 Å². The third kappa shape index (κ3) is 4.82. The van der Waals surface area contributed by atoms with Gasteiger partial charge in [-0.05, 0) is 130 Å². The zero-order chi connectivity index (χ0) is 39.0. The third-order valence-electron chi connectivity index (χ3n) is 13.2. The molecule has 1 aliphatic rings. The maximum Gasteiger partial charge on any atom is 0.0362 e. The molecule has 13 rings (SSSR count). The first-order valence-electron chi connectivity index (χ1n) is 20.5. The molecule has 0 radical (unpaired) electrons. The second-order valence-corrected chi connectivity index (χ2v) is 19.0. The van der Waals surface area contributed by atoms with E-state index in [0.29, 0.717) is 0 Å². The summed E-state index contributed by atoms with van der Waals surface area (Å²) in [5, 5.41) is 13.1. The molecule has 0 spiro atoms. The number of hydrogen-bond donors (Lipinski definition) is 0. The predicted octanol–water partition coefficient (Wildman–Crippen LogP) is 17.2. The Labute approximate surface area is 350 Å². The molecule has 0 N–H and O–H groups in total. The summed E-state index contributed by atoms with van der Waals surface area (Å²) in [6.45, 7) is 4.71. The molecule has 59 heavy (non-hydrogen) atoms. The Balaban J connectivity index is 0.920. The van der Waals surface area contributed by atoms with Crippen molar-refractivity contribution in [3.05, 3.63) is 193 Å². The topological polar surface area (TPSA) is 0 Å². The molecular weight excluding hydrogens is 749 g/mol. The monoisotopic (exact) mass is 784 g/mol. The fourth-order valence-corrected chi connectivity index (χ4v) is 12.7. The first-order chi connectivity index (χ1) is 29.0. The van der Waals surface area contributed by atoms with E-state index in [4.69, 9.17) is 0 Å². The highest BCUT2D eigenvalue weighted by Crippen LogP contribution is 2.51. The van der Waals surface area contributed by atoms with Crippen LogP contribution in [0, 0.1) is 0 Å². The van der Waals surface area contributed by atoms with Gasteiger partial charge in [0.2, 0.25) is 0 Å². The van der Waals surface area contributed by atoms with Gasteiger partial charge < -0.3 is 0 Å². The van der Waals surface area contributed by atoms with Gasteiger partial charge in [0.15, 0.2) is 0 Å². The Morgan fingerprint density at radius 3 is 1.54 bits per heavy atom. The number of rotatable bonds is 3. The Bertz CT molecular complexity index is 3690. The Hall–Kier alpha value is -6.58. The summed E-state index contributed by atoms with van der Waals surface area (Å²) < 4.78 is 5.43. The van der Waals surface area contributed by atoms with Crippen molar-refractivity contribution in [2.45, 2.75) is 19.3 Å².